The number of methoxy groups -OCH3 is 3. The fourth-order valence-electron chi connectivity index (χ4n) is 3.30. The Morgan fingerprint density at radius 2 is 1.58 bits per heavy atom. The van der Waals surface area contributed by atoms with Crippen LogP contribution in [0.1, 0.15) is 5.56 Å². The predicted molar refractivity (Wildman–Crippen MR) is 103 cm³/mol. The van der Waals surface area contributed by atoms with Crippen molar-refractivity contribution < 1.29 is 14.2 Å². The maximum atomic E-state index is 5.42. The van der Waals surface area contributed by atoms with Crippen LogP contribution in [0.5, 0.6) is 17.2 Å². The van der Waals surface area contributed by atoms with Gasteiger partial charge in [0.05, 0.1) is 27.0 Å². The summed E-state index contributed by atoms with van der Waals surface area (Å²) < 4.78 is 16.2. The van der Waals surface area contributed by atoms with E-state index in [0.29, 0.717) is 12.3 Å². The Labute approximate surface area is 151 Å². The summed E-state index contributed by atoms with van der Waals surface area (Å²) in [5.41, 5.74) is 3.21. The van der Waals surface area contributed by atoms with E-state index in [1.54, 1.807) is 21.3 Å². The molecule has 0 amide bonds. The van der Waals surface area contributed by atoms with Gasteiger partial charge in [0.2, 0.25) is 0 Å². The van der Waals surface area contributed by atoms with E-state index in [2.05, 4.69) is 21.6 Å². The van der Waals surface area contributed by atoms with E-state index in [9.17, 15) is 0 Å². The quantitative estimate of drug-likeness (QED) is 0.486. The van der Waals surface area contributed by atoms with Gasteiger partial charge < -0.3 is 19.5 Å². The zero-order chi connectivity index (χ0) is 18.1. The highest BCUT2D eigenvalue weighted by molar-refractivity contribution is 6.05. The van der Waals surface area contributed by atoms with Gasteiger partial charge in [-0.3, -0.25) is 10.2 Å². The highest BCUT2D eigenvalue weighted by atomic mass is 16.5. The molecule has 0 bridgehead atoms. The molecule has 4 rings (SSSR count). The second-order valence-electron chi connectivity index (χ2n) is 6.02. The highest BCUT2D eigenvalue weighted by Crippen LogP contribution is 2.42. The van der Waals surface area contributed by atoms with E-state index >= 15 is 0 Å². The monoisotopic (exact) mass is 351 g/mol. The molecule has 0 saturated heterocycles. The predicted octanol–water partition coefficient (Wildman–Crippen LogP) is 4.24. The van der Waals surface area contributed by atoms with Gasteiger partial charge in [0.1, 0.15) is 11.6 Å². The number of ether oxygens (including phenoxy) is 3. The number of hydrogen-bond donors (Lipinski definition) is 3. The molecule has 0 unspecified atom stereocenters. The minimum Gasteiger partial charge on any atom is -0.496 e. The Morgan fingerprint density at radius 1 is 0.846 bits per heavy atom. The average Bonchev–Trinajstić information content (AvgIpc) is 3.24. The normalized spacial score (nSPS) is 11.0. The van der Waals surface area contributed by atoms with Crippen LogP contribution in [0.15, 0.2) is 42.5 Å². The summed E-state index contributed by atoms with van der Waals surface area (Å²) in [6, 6.07) is 14.1. The minimum absolute atomic E-state index is 0.654. The first-order valence-corrected chi connectivity index (χ1v) is 8.35. The number of para-hydroxylation sites is 1. The summed E-state index contributed by atoms with van der Waals surface area (Å²) in [5, 5.41) is 12.1. The van der Waals surface area contributed by atoms with E-state index in [1.165, 1.54) is 0 Å². The Kier molecular flexibility index (Phi) is 4.08. The standard InChI is InChI=1S/C20H21N3O3/c1-24-16-7-5-4-6-12(16)11-21-20-15-8-13-9-17(25-2)18(26-3)10-14(13)19(15)22-23-20/h4-10,21-23H,11H2,1-3H3. The molecule has 0 saturated carbocycles. The van der Waals surface area contributed by atoms with E-state index in [-0.39, 0.29) is 0 Å². The number of nitrogens with one attached hydrogen (secondary N) is 3. The van der Waals surface area contributed by atoms with Crippen molar-refractivity contribution >= 4 is 16.6 Å². The Balaban J connectivity index is 1.67. The van der Waals surface area contributed by atoms with Crippen LogP contribution in [0.2, 0.25) is 0 Å². The number of hydrogen-bond acceptors (Lipinski definition) is 4. The third-order valence-electron chi connectivity index (χ3n) is 4.62. The number of anilines is 1. The van der Waals surface area contributed by atoms with Crippen LogP contribution in [0.25, 0.3) is 22.0 Å². The molecule has 1 heterocycles. The van der Waals surface area contributed by atoms with Crippen LogP contribution in [0, 0.1) is 0 Å². The maximum absolute atomic E-state index is 5.42. The largest absolute Gasteiger partial charge is 0.496 e. The molecule has 2 aromatic rings. The summed E-state index contributed by atoms with van der Waals surface area (Å²) in [6.07, 6.45) is 0. The van der Waals surface area contributed by atoms with Crippen LogP contribution in [0.3, 0.4) is 0 Å². The molecule has 26 heavy (non-hydrogen) atoms. The number of aromatic nitrogens is 2. The van der Waals surface area contributed by atoms with Crippen molar-refractivity contribution in [2.24, 2.45) is 0 Å². The lowest BCUT2D eigenvalue weighted by molar-refractivity contribution is 0.356. The molecule has 0 fully saturated rings. The molecule has 0 spiro atoms. The van der Waals surface area contributed by atoms with Crippen LogP contribution in [-0.2, 0) is 6.54 Å². The molecule has 1 aliphatic carbocycles. The molecule has 0 radical (unpaired) electrons. The van der Waals surface area contributed by atoms with Gasteiger partial charge in [0, 0.05) is 23.1 Å². The van der Waals surface area contributed by atoms with Crippen molar-refractivity contribution in [3.8, 4) is 28.5 Å². The first kappa shape index (κ1) is 16.2. The van der Waals surface area contributed by atoms with Gasteiger partial charge in [-0.2, -0.15) is 0 Å². The number of benzene rings is 2. The van der Waals surface area contributed by atoms with Crippen molar-refractivity contribution in [1.29, 1.82) is 0 Å². The van der Waals surface area contributed by atoms with Gasteiger partial charge in [-0.25, -0.2) is 0 Å². The third kappa shape index (κ3) is 2.60. The van der Waals surface area contributed by atoms with Gasteiger partial charge in [-0.15, -0.1) is 0 Å². The lowest BCUT2D eigenvalue weighted by Crippen LogP contribution is -2.02. The smallest absolute Gasteiger partial charge is 0.161 e. The van der Waals surface area contributed by atoms with Gasteiger partial charge >= 0.3 is 0 Å². The summed E-state index contributed by atoms with van der Waals surface area (Å²) >= 11 is 0. The number of H-pyrrole nitrogens is 2. The van der Waals surface area contributed by atoms with E-state index in [1.807, 2.05) is 36.4 Å². The van der Waals surface area contributed by atoms with Crippen molar-refractivity contribution in [1.82, 2.24) is 10.2 Å². The number of aromatic amines is 2. The van der Waals surface area contributed by atoms with Gasteiger partial charge in [0.15, 0.2) is 11.5 Å². The fraction of sp³-hybridized carbons (Fsp3) is 0.200. The topological polar surface area (TPSA) is 71.3 Å². The number of fused-ring (bicyclic) bond motifs is 3. The van der Waals surface area contributed by atoms with Gasteiger partial charge in [-0.1, -0.05) is 18.2 Å². The summed E-state index contributed by atoms with van der Waals surface area (Å²) in [6.45, 7) is 0.654. The molecule has 2 aliphatic rings. The molecule has 3 N–H and O–H groups in total. The van der Waals surface area contributed by atoms with Crippen LogP contribution < -0.4 is 19.5 Å². The summed E-state index contributed by atoms with van der Waals surface area (Å²) in [4.78, 5) is 0. The Hall–Kier alpha value is -3.28. The average molecular weight is 351 g/mol. The van der Waals surface area contributed by atoms with Crippen molar-refractivity contribution in [3.05, 3.63) is 48.0 Å². The van der Waals surface area contributed by atoms with E-state index in [0.717, 1.165) is 44.9 Å². The molecule has 6 heteroatoms. The van der Waals surface area contributed by atoms with E-state index in [4.69, 9.17) is 14.2 Å². The Morgan fingerprint density at radius 3 is 2.35 bits per heavy atom. The zero-order valence-corrected chi connectivity index (χ0v) is 15.0. The van der Waals surface area contributed by atoms with E-state index < -0.39 is 0 Å². The van der Waals surface area contributed by atoms with Crippen LogP contribution in [0.4, 0.5) is 5.82 Å². The molecular formula is C20H21N3O3. The zero-order valence-electron chi connectivity index (χ0n) is 15.0. The second-order valence-corrected chi connectivity index (χ2v) is 6.02. The highest BCUT2D eigenvalue weighted by Gasteiger charge is 2.19. The van der Waals surface area contributed by atoms with Crippen LogP contribution >= 0.6 is 0 Å². The molecule has 1 aliphatic heterocycles. The number of rotatable bonds is 6. The maximum Gasteiger partial charge on any atom is 0.161 e. The van der Waals surface area contributed by atoms with Gasteiger partial charge in [-0.05, 0) is 29.7 Å². The third-order valence-corrected chi connectivity index (χ3v) is 4.62. The SMILES string of the molecule is COc1ccccc1CNc1[nH][nH]c2c3cc(OC)c(OC)cc3cc1-2. The fourth-order valence-corrected chi connectivity index (χ4v) is 3.30. The first-order valence-electron chi connectivity index (χ1n) is 8.35. The molecule has 134 valence electrons. The van der Waals surface area contributed by atoms with Crippen molar-refractivity contribution in [2.45, 2.75) is 6.54 Å². The molecule has 6 nitrogen and oxygen atoms in total. The van der Waals surface area contributed by atoms with Crippen molar-refractivity contribution in [3.63, 3.8) is 0 Å². The minimum atomic E-state index is 0.654. The second kappa shape index (κ2) is 6.55. The summed E-state index contributed by atoms with van der Waals surface area (Å²) in [7, 11) is 4.97. The molecule has 0 atom stereocenters. The lowest BCUT2D eigenvalue weighted by atomic mass is 10.2. The summed E-state index contributed by atoms with van der Waals surface area (Å²) in [5.74, 6) is 3.24. The van der Waals surface area contributed by atoms with Crippen molar-refractivity contribution in [2.75, 3.05) is 26.6 Å². The first-order chi connectivity index (χ1) is 12.7. The molecular weight excluding hydrogens is 330 g/mol. The Bertz CT molecular complexity index is 1020. The van der Waals surface area contributed by atoms with Crippen LogP contribution in [-0.4, -0.2) is 31.5 Å². The molecule has 2 aromatic carbocycles. The molecule has 0 aromatic heterocycles. The lowest BCUT2D eigenvalue weighted by Gasteiger charge is -2.09. The van der Waals surface area contributed by atoms with Gasteiger partial charge in [0.25, 0.3) is 0 Å².